The fourth-order valence-corrected chi connectivity index (χ4v) is 2.32. The fourth-order valence-electron chi connectivity index (χ4n) is 2.32. The first-order chi connectivity index (χ1) is 9.28. The predicted octanol–water partition coefficient (Wildman–Crippen LogP) is 1.97. The fraction of sp³-hybridized carbons (Fsp3) is 0.467. The van der Waals surface area contributed by atoms with Crippen molar-refractivity contribution in [2.75, 3.05) is 6.54 Å². The molecule has 0 saturated carbocycles. The first kappa shape index (κ1) is 13.7. The van der Waals surface area contributed by atoms with E-state index >= 15 is 0 Å². The Morgan fingerprint density at radius 2 is 2.05 bits per heavy atom. The van der Waals surface area contributed by atoms with Gasteiger partial charge in [-0.2, -0.15) is 5.10 Å². The van der Waals surface area contributed by atoms with Gasteiger partial charge >= 0.3 is 0 Å². The van der Waals surface area contributed by atoms with Gasteiger partial charge in [0.1, 0.15) is 0 Å². The van der Waals surface area contributed by atoms with Crippen LogP contribution in [0.25, 0.3) is 0 Å². The van der Waals surface area contributed by atoms with E-state index in [1.807, 2.05) is 30.3 Å². The molecule has 2 aromatic rings. The Morgan fingerprint density at radius 3 is 2.68 bits per heavy atom. The van der Waals surface area contributed by atoms with Crippen molar-refractivity contribution >= 4 is 0 Å². The summed E-state index contributed by atoms with van der Waals surface area (Å²) in [6, 6.07) is 4.68. The molecule has 4 heteroatoms. The molecular formula is C15H22N4. The highest BCUT2D eigenvalue weighted by atomic mass is 15.2. The van der Waals surface area contributed by atoms with Crippen molar-refractivity contribution in [1.82, 2.24) is 20.1 Å². The molecule has 19 heavy (non-hydrogen) atoms. The third-order valence-corrected chi connectivity index (χ3v) is 3.26. The Balaban J connectivity index is 1.89. The van der Waals surface area contributed by atoms with E-state index < -0.39 is 0 Å². The van der Waals surface area contributed by atoms with Crippen LogP contribution < -0.4 is 5.32 Å². The van der Waals surface area contributed by atoms with Crippen LogP contribution in [0.3, 0.4) is 0 Å². The minimum atomic E-state index is 0.502. The number of aromatic nitrogens is 3. The number of rotatable bonds is 7. The molecule has 0 aliphatic heterocycles. The van der Waals surface area contributed by atoms with Gasteiger partial charge in [0.25, 0.3) is 0 Å². The van der Waals surface area contributed by atoms with Crippen molar-refractivity contribution in [2.24, 2.45) is 7.05 Å². The van der Waals surface area contributed by atoms with Crippen molar-refractivity contribution in [3.05, 3.63) is 48.0 Å². The highest BCUT2D eigenvalue weighted by Gasteiger charge is 2.09. The average Bonchev–Trinajstić information content (AvgIpc) is 2.83. The molecule has 1 unspecified atom stereocenters. The standard InChI is InChI=1S/C15H22N4/c1-3-17-15(10-14-11-18-19(2)12-14)5-4-13-6-8-16-9-7-13/h6-9,11-12,15,17H,3-5,10H2,1-2H3. The Hall–Kier alpha value is -1.68. The molecule has 0 amide bonds. The van der Waals surface area contributed by atoms with Gasteiger partial charge in [0.15, 0.2) is 0 Å². The van der Waals surface area contributed by atoms with Gasteiger partial charge in [0.05, 0.1) is 6.20 Å². The second-order valence-electron chi connectivity index (χ2n) is 4.88. The molecule has 0 radical (unpaired) electrons. The molecule has 1 N–H and O–H groups in total. The Morgan fingerprint density at radius 1 is 1.26 bits per heavy atom. The van der Waals surface area contributed by atoms with Crippen LogP contribution in [0.2, 0.25) is 0 Å². The molecule has 2 aromatic heterocycles. The number of hydrogen-bond donors (Lipinski definition) is 1. The maximum atomic E-state index is 4.23. The molecule has 102 valence electrons. The lowest BCUT2D eigenvalue weighted by atomic mass is 10.0. The lowest BCUT2D eigenvalue weighted by molar-refractivity contribution is 0.491. The first-order valence-corrected chi connectivity index (χ1v) is 6.87. The molecule has 0 aromatic carbocycles. The summed E-state index contributed by atoms with van der Waals surface area (Å²) in [5.74, 6) is 0. The van der Waals surface area contributed by atoms with E-state index in [1.54, 1.807) is 0 Å². The normalized spacial score (nSPS) is 12.5. The molecule has 2 rings (SSSR count). The zero-order chi connectivity index (χ0) is 13.5. The summed E-state index contributed by atoms with van der Waals surface area (Å²) in [7, 11) is 1.96. The van der Waals surface area contributed by atoms with Crippen LogP contribution in [-0.2, 0) is 19.9 Å². The van der Waals surface area contributed by atoms with E-state index in [-0.39, 0.29) is 0 Å². The molecule has 0 aliphatic rings. The van der Waals surface area contributed by atoms with E-state index in [4.69, 9.17) is 0 Å². The molecule has 0 bridgehead atoms. The van der Waals surface area contributed by atoms with Crippen LogP contribution in [0.4, 0.5) is 0 Å². The van der Waals surface area contributed by atoms with Gasteiger partial charge in [-0.3, -0.25) is 9.67 Å². The van der Waals surface area contributed by atoms with Gasteiger partial charge in [-0.05, 0) is 49.1 Å². The topological polar surface area (TPSA) is 42.7 Å². The summed E-state index contributed by atoms with van der Waals surface area (Å²) in [6.07, 6.45) is 11.0. The van der Waals surface area contributed by atoms with E-state index in [1.165, 1.54) is 11.1 Å². The van der Waals surface area contributed by atoms with Crippen LogP contribution in [0.1, 0.15) is 24.5 Å². The largest absolute Gasteiger partial charge is 0.314 e. The van der Waals surface area contributed by atoms with Gasteiger partial charge in [0.2, 0.25) is 0 Å². The minimum Gasteiger partial charge on any atom is -0.314 e. The van der Waals surface area contributed by atoms with Crippen molar-refractivity contribution in [2.45, 2.75) is 32.2 Å². The Kier molecular flexibility index (Phi) is 5.10. The Labute approximate surface area is 114 Å². The van der Waals surface area contributed by atoms with E-state index in [0.717, 1.165) is 25.8 Å². The minimum absolute atomic E-state index is 0.502. The third-order valence-electron chi connectivity index (χ3n) is 3.26. The van der Waals surface area contributed by atoms with Crippen molar-refractivity contribution in [3.63, 3.8) is 0 Å². The van der Waals surface area contributed by atoms with Crippen molar-refractivity contribution in [3.8, 4) is 0 Å². The van der Waals surface area contributed by atoms with Crippen LogP contribution in [0.5, 0.6) is 0 Å². The molecule has 0 spiro atoms. The number of nitrogens with one attached hydrogen (secondary N) is 1. The number of hydrogen-bond acceptors (Lipinski definition) is 3. The summed E-state index contributed by atoms with van der Waals surface area (Å²) in [4.78, 5) is 4.05. The zero-order valence-corrected chi connectivity index (χ0v) is 11.7. The second kappa shape index (κ2) is 7.04. The Bertz CT molecular complexity index is 478. The number of likely N-dealkylation sites (N-methyl/N-ethyl adjacent to an activating group) is 1. The lowest BCUT2D eigenvalue weighted by Crippen LogP contribution is -2.31. The van der Waals surface area contributed by atoms with Gasteiger partial charge in [-0.1, -0.05) is 6.92 Å². The van der Waals surface area contributed by atoms with Crippen LogP contribution >= 0.6 is 0 Å². The summed E-state index contributed by atoms with van der Waals surface area (Å²) < 4.78 is 1.86. The van der Waals surface area contributed by atoms with Gasteiger partial charge < -0.3 is 5.32 Å². The summed E-state index contributed by atoms with van der Waals surface area (Å²) in [5, 5.41) is 7.79. The van der Waals surface area contributed by atoms with E-state index in [9.17, 15) is 0 Å². The van der Waals surface area contributed by atoms with Gasteiger partial charge in [-0.25, -0.2) is 0 Å². The maximum Gasteiger partial charge on any atom is 0.0522 e. The van der Waals surface area contributed by atoms with Crippen molar-refractivity contribution < 1.29 is 0 Å². The smallest absolute Gasteiger partial charge is 0.0522 e. The van der Waals surface area contributed by atoms with Gasteiger partial charge in [-0.15, -0.1) is 0 Å². The van der Waals surface area contributed by atoms with E-state index in [2.05, 4.69) is 40.7 Å². The van der Waals surface area contributed by atoms with Gasteiger partial charge in [0, 0.05) is 31.7 Å². The molecule has 4 nitrogen and oxygen atoms in total. The first-order valence-electron chi connectivity index (χ1n) is 6.87. The molecule has 1 atom stereocenters. The van der Waals surface area contributed by atoms with Crippen LogP contribution in [-0.4, -0.2) is 27.4 Å². The quantitative estimate of drug-likeness (QED) is 0.825. The number of nitrogens with zero attached hydrogens (tertiary/aromatic N) is 3. The van der Waals surface area contributed by atoms with Crippen molar-refractivity contribution in [1.29, 1.82) is 0 Å². The lowest BCUT2D eigenvalue weighted by Gasteiger charge is -2.17. The zero-order valence-electron chi connectivity index (χ0n) is 11.7. The SMILES string of the molecule is CCNC(CCc1ccncc1)Cc1cnn(C)c1. The molecule has 0 aliphatic carbocycles. The average molecular weight is 258 g/mol. The highest BCUT2D eigenvalue weighted by Crippen LogP contribution is 2.09. The molecule has 0 saturated heterocycles. The number of aryl methyl sites for hydroxylation is 2. The third kappa shape index (κ3) is 4.48. The predicted molar refractivity (Wildman–Crippen MR) is 76.9 cm³/mol. The highest BCUT2D eigenvalue weighted by molar-refractivity contribution is 5.11. The summed E-state index contributed by atoms with van der Waals surface area (Å²) in [5.41, 5.74) is 2.65. The van der Waals surface area contributed by atoms with Crippen LogP contribution in [0, 0.1) is 0 Å². The monoisotopic (exact) mass is 258 g/mol. The second-order valence-corrected chi connectivity index (χ2v) is 4.88. The summed E-state index contributed by atoms with van der Waals surface area (Å²) >= 11 is 0. The molecule has 0 fully saturated rings. The number of pyridine rings is 1. The van der Waals surface area contributed by atoms with E-state index in [0.29, 0.717) is 6.04 Å². The molecular weight excluding hydrogens is 236 g/mol. The van der Waals surface area contributed by atoms with Crippen LogP contribution in [0.15, 0.2) is 36.9 Å². The molecule has 2 heterocycles. The maximum absolute atomic E-state index is 4.23. The summed E-state index contributed by atoms with van der Waals surface area (Å²) in [6.45, 7) is 3.16.